The SMILES string of the molecule is CN=C(NCc1cn(CC(=O)OC)nn1)N1CCSC(C)(C)C1. The van der Waals surface area contributed by atoms with Crippen LogP contribution < -0.4 is 5.32 Å². The minimum absolute atomic E-state index is 0.0652. The molecule has 0 aromatic carbocycles. The number of methoxy groups -OCH3 is 1. The number of rotatable bonds is 4. The molecule has 1 saturated heterocycles. The molecule has 1 aromatic rings. The van der Waals surface area contributed by atoms with E-state index in [1.807, 2.05) is 11.8 Å². The third-order valence-corrected chi connectivity index (χ3v) is 4.77. The van der Waals surface area contributed by atoms with Crippen molar-refractivity contribution in [3.8, 4) is 0 Å². The van der Waals surface area contributed by atoms with Gasteiger partial charge in [-0.3, -0.25) is 9.79 Å². The molecule has 1 aromatic heterocycles. The fraction of sp³-hybridized carbons (Fsp3) is 0.714. The molecule has 1 N–H and O–H groups in total. The van der Waals surface area contributed by atoms with Crippen LogP contribution in [0.5, 0.6) is 0 Å². The number of aliphatic imine (C=N–C) groups is 1. The first kappa shape index (κ1) is 17.6. The molecule has 0 saturated carbocycles. The highest BCUT2D eigenvalue weighted by atomic mass is 32.2. The number of thioether (sulfide) groups is 1. The van der Waals surface area contributed by atoms with E-state index in [2.05, 4.69) is 44.1 Å². The average molecular weight is 340 g/mol. The predicted octanol–water partition coefficient (Wildman–Crippen LogP) is 0.354. The molecule has 23 heavy (non-hydrogen) atoms. The molecule has 0 atom stereocenters. The van der Waals surface area contributed by atoms with Crippen LogP contribution in [0.25, 0.3) is 0 Å². The third kappa shape index (κ3) is 5.12. The van der Waals surface area contributed by atoms with Crippen molar-refractivity contribution in [1.29, 1.82) is 0 Å². The largest absolute Gasteiger partial charge is 0.468 e. The number of hydrogen-bond acceptors (Lipinski definition) is 6. The summed E-state index contributed by atoms with van der Waals surface area (Å²) in [6, 6.07) is 0. The first-order valence-electron chi connectivity index (χ1n) is 7.49. The van der Waals surface area contributed by atoms with E-state index in [4.69, 9.17) is 0 Å². The summed E-state index contributed by atoms with van der Waals surface area (Å²) in [7, 11) is 3.13. The van der Waals surface area contributed by atoms with E-state index in [9.17, 15) is 4.79 Å². The number of ether oxygens (including phenoxy) is 1. The Balaban J connectivity index is 1.90. The van der Waals surface area contributed by atoms with Crippen molar-refractivity contribution in [2.24, 2.45) is 4.99 Å². The molecule has 0 bridgehead atoms. The third-order valence-electron chi connectivity index (χ3n) is 3.47. The Kier molecular flexibility index (Phi) is 5.86. The molecule has 0 amide bonds. The zero-order chi connectivity index (χ0) is 16.9. The second-order valence-electron chi connectivity index (χ2n) is 5.91. The molecule has 2 rings (SSSR count). The van der Waals surface area contributed by atoms with Gasteiger partial charge in [0.15, 0.2) is 5.96 Å². The maximum absolute atomic E-state index is 11.2. The highest BCUT2D eigenvalue weighted by Crippen LogP contribution is 2.29. The topological polar surface area (TPSA) is 84.6 Å². The summed E-state index contributed by atoms with van der Waals surface area (Å²) in [5.41, 5.74) is 0.751. The van der Waals surface area contributed by atoms with Crippen LogP contribution in [-0.4, -0.2) is 69.6 Å². The van der Waals surface area contributed by atoms with Gasteiger partial charge in [0, 0.05) is 30.6 Å². The van der Waals surface area contributed by atoms with Gasteiger partial charge in [0.05, 0.1) is 19.9 Å². The van der Waals surface area contributed by atoms with Crippen LogP contribution in [0, 0.1) is 0 Å². The van der Waals surface area contributed by atoms with Gasteiger partial charge in [-0.25, -0.2) is 4.68 Å². The van der Waals surface area contributed by atoms with E-state index in [1.54, 1.807) is 13.2 Å². The van der Waals surface area contributed by atoms with Gasteiger partial charge in [0.1, 0.15) is 12.2 Å². The standard InChI is InChI=1S/C14H24N6O2S/c1-14(2)10-19(5-6-23-14)13(15-3)16-7-11-8-20(18-17-11)9-12(21)22-4/h8H,5-7,9-10H2,1-4H3,(H,15,16). The van der Waals surface area contributed by atoms with E-state index < -0.39 is 0 Å². The maximum Gasteiger partial charge on any atom is 0.327 e. The van der Waals surface area contributed by atoms with E-state index in [-0.39, 0.29) is 17.3 Å². The van der Waals surface area contributed by atoms with Gasteiger partial charge < -0.3 is 15.0 Å². The van der Waals surface area contributed by atoms with Crippen LogP contribution in [0.1, 0.15) is 19.5 Å². The Morgan fingerprint density at radius 1 is 1.57 bits per heavy atom. The van der Waals surface area contributed by atoms with Crippen LogP contribution in [0.3, 0.4) is 0 Å². The molecule has 1 aliphatic heterocycles. The summed E-state index contributed by atoms with van der Waals surface area (Å²) >= 11 is 1.98. The van der Waals surface area contributed by atoms with Crippen LogP contribution in [0.2, 0.25) is 0 Å². The number of carbonyl (C=O) groups excluding carboxylic acids is 1. The summed E-state index contributed by atoms with van der Waals surface area (Å²) in [5.74, 6) is 1.60. The zero-order valence-electron chi connectivity index (χ0n) is 14.1. The first-order chi connectivity index (χ1) is 10.9. The Labute approximate surface area is 140 Å². The average Bonchev–Trinajstić information content (AvgIpc) is 2.94. The molecule has 2 heterocycles. The number of esters is 1. The van der Waals surface area contributed by atoms with Gasteiger partial charge >= 0.3 is 5.97 Å². The van der Waals surface area contributed by atoms with Gasteiger partial charge in [0.2, 0.25) is 0 Å². The summed E-state index contributed by atoms with van der Waals surface area (Å²) < 4.78 is 6.29. The lowest BCUT2D eigenvalue weighted by Gasteiger charge is -2.39. The van der Waals surface area contributed by atoms with E-state index in [1.165, 1.54) is 11.8 Å². The monoisotopic (exact) mass is 340 g/mol. The lowest BCUT2D eigenvalue weighted by molar-refractivity contribution is -0.141. The Morgan fingerprint density at radius 3 is 3.00 bits per heavy atom. The predicted molar refractivity (Wildman–Crippen MR) is 90.3 cm³/mol. The summed E-state index contributed by atoms with van der Waals surface area (Å²) in [5, 5.41) is 11.3. The number of nitrogens with zero attached hydrogens (tertiary/aromatic N) is 5. The van der Waals surface area contributed by atoms with Crippen molar-refractivity contribution in [2.45, 2.75) is 31.7 Å². The molecule has 0 spiro atoms. The van der Waals surface area contributed by atoms with Crippen molar-refractivity contribution in [3.05, 3.63) is 11.9 Å². The number of carbonyl (C=O) groups is 1. The fourth-order valence-electron chi connectivity index (χ4n) is 2.39. The van der Waals surface area contributed by atoms with Crippen molar-refractivity contribution >= 4 is 23.7 Å². The van der Waals surface area contributed by atoms with Gasteiger partial charge in [0.25, 0.3) is 0 Å². The Bertz CT molecular complexity index is 571. The normalized spacial score (nSPS) is 17.9. The molecule has 0 aliphatic carbocycles. The lowest BCUT2D eigenvalue weighted by Crippen LogP contribution is -2.50. The summed E-state index contributed by atoms with van der Waals surface area (Å²) in [4.78, 5) is 17.8. The van der Waals surface area contributed by atoms with Crippen molar-refractivity contribution in [1.82, 2.24) is 25.2 Å². The minimum atomic E-state index is -0.349. The van der Waals surface area contributed by atoms with Crippen molar-refractivity contribution < 1.29 is 9.53 Å². The van der Waals surface area contributed by atoms with Crippen molar-refractivity contribution in [2.75, 3.05) is 33.0 Å². The van der Waals surface area contributed by atoms with Crippen LogP contribution >= 0.6 is 11.8 Å². The highest BCUT2D eigenvalue weighted by Gasteiger charge is 2.28. The lowest BCUT2D eigenvalue weighted by atomic mass is 10.2. The smallest absolute Gasteiger partial charge is 0.327 e. The quantitative estimate of drug-likeness (QED) is 0.481. The number of aromatic nitrogens is 3. The summed E-state index contributed by atoms with van der Waals surface area (Å²) in [6.45, 7) is 6.99. The molecule has 9 heteroatoms. The molecule has 8 nitrogen and oxygen atoms in total. The number of hydrogen-bond donors (Lipinski definition) is 1. The van der Waals surface area contributed by atoms with E-state index in [0.29, 0.717) is 6.54 Å². The van der Waals surface area contributed by atoms with Gasteiger partial charge in [-0.05, 0) is 13.8 Å². The molecule has 128 valence electrons. The Hall–Kier alpha value is -1.77. The minimum Gasteiger partial charge on any atom is -0.468 e. The second kappa shape index (κ2) is 7.67. The van der Waals surface area contributed by atoms with Crippen molar-refractivity contribution in [3.63, 3.8) is 0 Å². The molecular formula is C14H24N6O2S. The zero-order valence-corrected chi connectivity index (χ0v) is 14.9. The van der Waals surface area contributed by atoms with Gasteiger partial charge in [-0.15, -0.1) is 5.10 Å². The maximum atomic E-state index is 11.2. The molecule has 1 fully saturated rings. The van der Waals surface area contributed by atoms with Gasteiger partial charge in [-0.2, -0.15) is 11.8 Å². The number of guanidine groups is 1. The molecular weight excluding hydrogens is 316 g/mol. The van der Waals surface area contributed by atoms with E-state index >= 15 is 0 Å². The fourth-order valence-corrected chi connectivity index (χ4v) is 3.50. The number of nitrogens with one attached hydrogen (secondary N) is 1. The molecule has 0 radical (unpaired) electrons. The van der Waals surface area contributed by atoms with Gasteiger partial charge in [-0.1, -0.05) is 5.21 Å². The van der Waals surface area contributed by atoms with Crippen LogP contribution in [0.15, 0.2) is 11.2 Å². The second-order valence-corrected chi connectivity index (χ2v) is 7.72. The highest BCUT2D eigenvalue weighted by molar-refractivity contribution is 8.00. The van der Waals surface area contributed by atoms with Crippen LogP contribution in [-0.2, 0) is 22.6 Å². The van der Waals surface area contributed by atoms with Crippen LogP contribution in [0.4, 0.5) is 0 Å². The Morgan fingerprint density at radius 2 is 2.35 bits per heavy atom. The first-order valence-corrected chi connectivity index (χ1v) is 8.47. The molecule has 0 unspecified atom stereocenters. The summed E-state index contributed by atoms with van der Waals surface area (Å²) in [6.07, 6.45) is 1.73. The van der Waals surface area contributed by atoms with E-state index in [0.717, 1.165) is 30.5 Å². The molecule has 1 aliphatic rings.